The number of hydrogen-bond acceptors (Lipinski definition) is 9. The Balaban J connectivity index is 2.36. The maximum atomic E-state index is 12.7. The molecule has 51 heavy (non-hydrogen) atoms. The van der Waals surface area contributed by atoms with Gasteiger partial charge in [0.25, 0.3) is 0 Å². The Bertz CT molecular complexity index is 1020. The molecule has 0 fully saturated rings. The Kier molecular flexibility index (Phi) is 28.7. The Labute approximate surface area is 309 Å². The normalized spacial score (nSPS) is 11.7. The second-order valence-electron chi connectivity index (χ2n) is 14.2. The third kappa shape index (κ3) is 25.6. The SMILES string of the molecule is CCCCCCCCCCCCCCCC(=O)OC[C@H](COC(=O)c1cc(O)c(O)c(O)c1)OC(=O)CCCCCCCCCCCCCCC. The summed E-state index contributed by atoms with van der Waals surface area (Å²) in [6.07, 6.45) is 30.8. The van der Waals surface area contributed by atoms with Gasteiger partial charge in [-0.15, -0.1) is 0 Å². The lowest BCUT2D eigenvalue weighted by molar-refractivity contribution is -0.161. The summed E-state index contributed by atoms with van der Waals surface area (Å²) in [6, 6.07) is 1.92. The maximum Gasteiger partial charge on any atom is 0.338 e. The molecule has 1 atom stereocenters. The van der Waals surface area contributed by atoms with Gasteiger partial charge in [-0.1, -0.05) is 168 Å². The summed E-state index contributed by atoms with van der Waals surface area (Å²) in [5.41, 5.74) is -0.195. The van der Waals surface area contributed by atoms with E-state index in [1.54, 1.807) is 0 Å². The van der Waals surface area contributed by atoms with E-state index in [4.69, 9.17) is 14.2 Å². The van der Waals surface area contributed by atoms with Crippen LogP contribution in [0.5, 0.6) is 17.2 Å². The lowest BCUT2D eigenvalue weighted by atomic mass is 10.0. The summed E-state index contributed by atoms with van der Waals surface area (Å²) < 4.78 is 16.2. The van der Waals surface area contributed by atoms with Crippen LogP contribution >= 0.6 is 0 Å². The first-order valence-electron chi connectivity index (χ1n) is 20.6. The number of phenols is 3. The fourth-order valence-electron chi connectivity index (χ4n) is 6.17. The molecule has 294 valence electrons. The van der Waals surface area contributed by atoms with Gasteiger partial charge in [0.2, 0.25) is 0 Å². The highest BCUT2D eigenvalue weighted by Crippen LogP contribution is 2.35. The standard InChI is InChI=1S/C42H72O9/c1-3-5-7-9-11-13-15-17-19-21-23-25-27-29-39(45)49-33-36(34-50-42(48)35-31-37(43)41(47)38(44)32-35)51-40(46)30-28-26-24-22-20-18-16-14-12-10-8-6-4-2/h31-32,36,43-44,47H,3-30,33-34H2,1-2H3/t36-/m1/s1. The minimum atomic E-state index is -1.00. The van der Waals surface area contributed by atoms with Gasteiger partial charge < -0.3 is 29.5 Å². The van der Waals surface area contributed by atoms with E-state index < -0.39 is 41.3 Å². The number of benzene rings is 1. The zero-order valence-corrected chi connectivity index (χ0v) is 32.2. The van der Waals surface area contributed by atoms with Crippen molar-refractivity contribution in [1.29, 1.82) is 0 Å². The molecule has 0 aromatic heterocycles. The van der Waals surface area contributed by atoms with E-state index in [1.807, 2.05) is 0 Å². The van der Waals surface area contributed by atoms with Crippen LogP contribution in [0.1, 0.15) is 204 Å². The van der Waals surface area contributed by atoms with Crippen molar-refractivity contribution < 1.29 is 43.9 Å². The van der Waals surface area contributed by atoms with Gasteiger partial charge in [-0.3, -0.25) is 9.59 Å². The highest BCUT2D eigenvalue weighted by molar-refractivity contribution is 5.91. The zero-order valence-electron chi connectivity index (χ0n) is 32.2. The molecule has 0 saturated heterocycles. The molecule has 9 nitrogen and oxygen atoms in total. The Hall–Kier alpha value is -2.97. The number of ether oxygens (including phenoxy) is 3. The predicted octanol–water partition coefficient (Wildman–Crippen LogP) is 11.4. The van der Waals surface area contributed by atoms with Crippen LogP contribution in [0.15, 0.2) is 12.1 Å². The molecule has 0 aliphatic rings. The number of rotatable bonds is 34. The molecule has 9 heteroatoms. The van der Waals surface area contributed by atoms with E-state index in [1.165, 1.54) is 122 Å². The molecule has 1 aromatic rings. The average Bonchev–Trinajstić information content (AvgIpc) is 3.11. The van der Waals surface area contributed by atoms with Crippen molar-refractivity contribution >= 4 is 17.9 Å². The number of aromatic hydroxyl groups is 3. The van der Waals surface area contributed by atoms with E-state index >= 15 is 0 Å². The second kappa shape index (κ2) is 31.7. The monoisotopic (exact) mass is 721 g/mol. The third-order valence-electron chi connectivity index (χ3n) is 9.40. The summed E-state index contributed by atoms with van der Waals surface area (Å²) in [5, 5.41) is 29.0. The molecule has 0 heterocycles. The van der Waals surface area contributed by atoms with Gasteiger partial charge >= 0.3 is 17.9 Å². The van der Waals surface area contributed by atoms with E-state index in [9.17, 15) is 29.7 Å². The van der Waals surface area contributed by atoms with Crippen LogP contribution in [-0.4, -0.2) is 52.5 Å². The molecule has 0 unspecified atom stereocenters. The number of phenolic OH excluding ortho intramolecular Hbond substituents is 3. The van der Waals surface area contributed by atoms with Crippen LogP contribution in [0.25, 0.3) is 0 Å². The molecule has 3 N–H and O–H groups in total. The molecular formula is C42H72O9. The Morgan fingerprint density at radius 2 is 0.824 bits per heavy atom. The smallest absolute Gasteiger partial charge is 0.338 e. The third-order valence-corrected chi connectivity index (χ3v) is 9.40. The van der Waals surface area contributed by atoms with Gasteiger partial charge in [0.15, 0.2) is 23.4 Å². The molecular weight excluding hydrogens is 648 g/mol. The first-order chi connectivity index (χ1) is 24.8. The van der Waals surface area contributed by atoms with Crippen LogP contribution in [0.2, 0.25) is 0 Å². The Morgan fingerprint density at radius 1 is 0.490 bits per heavy atom. The van der Waals surface area contributed by atoms with Crippen molar-refractivity contribution in [3.05, 3.63) is 17.7 Å². The summed E-state index contributed by atoms with van der Waals surface area (Å²) >= 11 is 0. The number of carbonyl (C=O) groups is 3. The highest BCUT2D eigenvalue weighted by atomic mass is 16.6. The lowest BCUT2D eigenvalue weighted by Gasteiger charge is -2.18. The van der Waals surface area contributed by atoms with Gasteiger partial charge in [0, 0.05) is 12.8 Å². The largest absolute Gasteiger partial charge is 0.504 e. The highest BCUT2D eigenvalue weighted by Gasteiger charge is 2.21. The van der Waals surface area contributed by atoms with Gasteiger partial charge in [-0.05, 0) is 25.0 Å². The number of carbonyl (C=O) groups excluding carboxylic acids is 3. The van der Waals surface area contributed by atoms with Crippen LogP contribution in [-0.2, 0) is 23.8 Å². The molecule has 0 aliphatic carbocycles. The van der Waals surface area contributed by atoms with E-state index in [-0.39, 0.29) is 31.6 Å². The molecule has 0 spiro atoms. The molecule has 0 saturated carbocycles. The Morgan fingerprint density at radius 3 is 1.22 bits per heavy atom. The van der Waals surface area contributed by atoms with Crippen LogP contribution in [0.4, 0.5) is 0 Å². The van der Waals surface area contributed by atoms with E-state index in [2.05, 4.69) is 13.8 Å². The fourth-order valence-corrected chi connectivity index (χ4v) is 6.17. The molecule has 0 amide bonds. The fraction of sp³-hybridized carbons (Fsp3) is 0.786. The minimum absolute atomic E-state index is 0.195. The maximum absolute atomic E-state index is 12.7. The van der Waals surface area contributed by atoms with Gasteiger partial charge in [0.1, 0.15) is 13.2 Å². The van der Waals surface area contributed by atoms with Gasteiger partial charge in [-0.2, -0.15) is 0 Å². The average molecular weight is 721 g/mol. The second-order valence-corrected chi connectivity index (χ2v) is 14.2. The molecule has 1 aromatic carbocycles. The van der Waals surface area contributed by atoms with E-state index in [0.29, 0.717) is 6.42 Å². The van der Waals surface area contributed by atoms with Crippen molar-refractivity contribution in [2.24, 2.45) is 0 Å². The zero-order chi connectivity index (χ0) is 37.4. The number of esters is 3. The van der Waals surface area contributed by atoms with Crippen LogP contribution < -0.4 is 0 Å². The predicted molar refractivity (Wildman–Crippen MR) is 203 cm³/mol. The molecule has 0 aliphatic heterocycles. The summed E-state index contributed by atoms with van der Waals surface area (Å²) in [6.45, 7) is 3.86. The van der Waals surface area contributed by atoms with E-state index in [0.717, 1.165) is 50.7 Å². The van der Waals surface area contributed by atoms with Crippen LogP contribution in [0, 0.1) is 0 Å². The van der Waals surface area contributed by atoms with Crippen molar-refractivity contribution in [2.75, 3.05) is 13.2 Å². The molecule has 0 bridgehead atoms. The van der Waals surface area contributed by atoms with Crippen molar-refractivity contribution in [3.8, 4) is 17.2 Å². The summed E-state index contributed by atoms with van der Waals surface area (Å²) in [7, 11) is 0. The summed E-state index contributed by atoms with van der Waals surface area (Å²) in [4.78, 5) is 37.7. The van der Waals surface area contributed by atoms with Gasteiger partial charge in [-0.25, -0.2) is 4.79 Å². The molecule has 0 radical (unpaired) electrons. The van der Waals surface area contributed by atoms with Crippen molar-refractivity contribution in [1.82, 2.24) is 0 Å². The van der Waals surface area contributed by atoms with Crippen molar-refractivity contribution in [3.63, 3.8) is 0 Å². The number of hydrogen-bond donors (Lipinski definition) is 3. The van der Waals surface area contributed by atoms with Crippen LogP contribution in [0.3, 0.4) is 0 Å². The quantitative estimate of drug-likeness (QED) is 0.0274. The van der Waals surface area contributed by atoms with Crippen molar-refractivity contribution in [2.45, 2.75) is 200 Å². The number of unbranched alkanes of at least 4 members (excludes halogenated alkanes) is 24. The lowest BCUT2D eigenvalue weighted by Crippen LogP contribution is -2.31. The summed E-state index contributed by atoms with van der Waals surface area (Å²) in [5.74, 6) is -3.85. The molecule has 1 rings (SSSR count). The van der Waals surface area contributed by atoms with Gasteiger partial charge in [0.05, 0.1) is 5.56 Å². The first kappa shape index (κ1) is 46.1. The first-order valence-corrected chi connectivity index (χ1v) is 20.6. The topological polar surface area (TPSA) is 140 Å². The minimum Gasteiger partial charge on any atom is -0.504 e.